The number of carbonyl (C=O) groups excluding carboxylic acids is 2. The van der Waals surface area contributed by atoms with Gasteiger partial charge in [-0.3, -0.25) is 14.5 Å². The van der Waals surface area contributed by atoms with E-state index in [0.29, 0.717) is 12.1 Å². The zero-order valence-electron chi connectivity index (χ0n) is 9.51. The molecule has 0 bridgehead atoms. The first-order valence-corrected chi connectivity index (χ1v) is 5.40. The van der Waals surface area contributed by atoms with E-state index in [4.69, 9.17) is 0 Å². The molecule has 17 heavy (non-hydrogen) atoms. The summed E-state index contributed by atoms with van der Waals surface area (Å²) in [5, 5.41) is 12.5. The lowest BCUT2D eigenvalue weighted by Crippen LogP contribution is -2.36. The first-order valence-electron chi connectivity index (χ1n) is 5.40. The highest BCUT2D eigenvalue weighted by Crippen LogP contribution is 2.17. The van der Waals surface area contributed by atoms with Crippen molar-refractivity contribution in [2.45, 2.75) is 19.0 Å². The third-order valence-electron chi connectivity index (χ3n) is 2.91. The van der Waals surface area contributed by atoms with Gasteiger partial charge in [0.1, 0.15) is 5.75 Å². The van der Waals surface area contributed by atoms with Crippen molar-refractivity contribution >= 4 is 11.8 Å². The molecular weight excluding hydrogens is 220 g/mol. The molecule has 1 unspecified atom stereocenters. The molecule has 1 aromatic carbocycles. The number of likely N-dealkylation sites (tertiary alicyclic amines) is 1. The molecule has 1 fully saturated rings. The molecule has 1 aliphatic rings. The Labute approximate surface area is 99.0 Å². The highest BCUT2D eigenvalue weighted by Gasteiger charge is 2.35. The minimum atomic E-state index is -0.480. The molecule has 0 radical (unpaired) electrons. The van der Waals surface area contributed by atoms with Crippen LogP contribution in [0.5, 0.6) is 5.75 Å². The van der Waals surface area contributed by atoms with Crippen molar-refractivity contribution in [2.75, 3.05) is 7.05 Å². The summed E-state index contributed by atoms with van der Waals surface area (Å²) in [5.41, 5.74) is 0.710. The van der Waals surface area contributed by atoms with Crippen molar-refractivity contribution in [3.63, 3.8) is 0 Å². The molecule has 2 amide bonds. The molecule has 1 aliphatic heterocycles. The minimum absolute atomic E-state index is 0.176. The first kappa shape index (κ1) is 11.6. The maximum atomic E-state index is 11.6. The summed E-state index contributed by atoms with van der Waals surface area (Å²) >= 11 is 0. The molecule has 5 nitrogen and oxygen atoms in total. The molecule has 1 saturated heterocycles. The van der Waals surface area contributed by atoms with Crippen LogP contribution >= 0.6 is 0 Å². The second kappa shape index (κ2) is 4.55. The molecule has 5 heteroatoms. The van der Waals surface area contributed by atoms with E-state index in [2.05, 4.69) is 5.32 Å². The zero-order valence-corrected chi connectivity index (χ0v) is 9.51. The lowest BCUT2D eigenvalue weighted by molar-refractivity contribution is -0.137. The molecule has 0 aliphatic carbocycles. The number of imide groups is 1. The molecule has 2 N–H and O–H groups in total. The molecule has 2 rings (SSSR count). The number of carbonyl (C=O) groups is 2. The molecule has 0 aromatic heterocycles. The van der Waals surface area contributed by atoms with E-state index in [1.54, 1.807) is 18.2 Å². The van der Waals surface area contributed by atoms with Crippen molar-refractivity contribution in [1.82, 2.24) is 10.2 Å². The normalized spacial score (nSPS) is 20.1. The molecule has 0 saturated carbocycles. The average molecular weight is 234 g/mol. The van der Waals surface area contributed by atoms with Gasteiger partial charge in [0.2, 0.25) is 11.8 Å². The fourth-order valence-corrected chi connectivity index (χ4v) is 1.81. The second-order valence-corrected chi connectivity index (χ2v) is 4.06. The number of benzene rings is 1. The molecular formula is C12H14N2O3. The standard InChI is InChI=1S/C12H14N2O3/c1-14-11(16)6-9(12(14)17)13-7-8-4-2-3-5-10(8)15/h2-5,9,13,15H,6-7H2,1H3. The van der Waals surface area contributed by atoms with Gasteiger partial charge in [-0.1, -0.05) is 18.2 Å². The van der Waals surface area contributed by atoms with Gasteiger partial charge in [0.05, 0.1) is 12.5 Å². The Kier molecular flexibility index (Phi) is 3.10. The number of nitrogens with one attached hydrogen (secondary N) is 1. The molecule has 90 valence electrons. The van der Waals surface area contributed by atoms with Gasteiger partial charge < -0.3 is 10.4 Å². The molecule has 1 atom stereocenters. The number of likely N-dealkylation sites (N-methyl/N-ethyl adjacent to an activating group) is 1. The number of nitrogens with zero attached hydrogens (tertiary/aromatic N) is 1. The fourth-order valence-electron chi connectivity index (χ4n) is 1.81. The van der Waals surface area contributed by atoms with Gasteiger partial charge >= 0.3 is 0 Å². The van der Waals surface area contributed by atoms with Gasteiger partial charge in [-0.25, -0.2) is 0 Å². The summed E-state index contributed by atoms with van der Waals surface area (Å²) in [7, 11) is 1.48. The SMILES string of the molecule is CN1C(=O)CC(NCc2ccccc2O)C1=O. The third kappa shape index (κ3) is 2.29. The summed E-state index contributed by atoms with van der Waals surface area (Å²) < 4.78 is 0. The van der Waals surface area contributed by atoms with Crippen molar-refractivity contribution < 1.29 is 14.7 Å². The van der Waals surface area contributed by atoms with E-state index in [0.717, 1.165) is 4.90 Å². The van der Waals surface area contributed by atoms with Crippen molar-refractivity contribution in [1.29, 1.82) is 0 Å². The average Bonchev–Trinajstić information content (AvgIpc) is 2.56. The van der Waals surface area contributed by atoms with Gasteiger partial charge in [0.25, 0.3) is 0 Å². The predicted octanol–water partition coefficient (Wildman–Crippen LogP) is 0.239. The Bertz CT molecular complexity index is 459. The van der Waals surface area contributed by atoms with Crippen LogP contribution in [-0.2, 0) is 16.1 Å². The highest BCUT2D eigenvalue weighted by atomic mass is 16.3. The van der Waals surface area contributed by atoms with Crippen LogP contribution < -0.4 is 5.32 Å². The topological polar surface area (TPSA) is 69.6 Å². The van der Waals surface area contributed by atoms with E-state index in [1.165, 1.54) is 7.05 Å². The van der Waals surface area contributed by atoms with Crippen LogP contribution in [0.1, 0.15) is 12.0 Å². The van der Waals surface area contributed by atoms with E-state index in [-0.39, 0.29) is 24.0 Å². The molecule has 0 spiro atoms. The van der Waals surface area contributed by atoms with Crippen LogP contribution in [0.25, 0.3) is 0 Å². The lowest BCUT2D eigenvalue weighted by Gasteiger charge is -2.11. The van der Waals surface area contributed by atoms with Gasteiger partial charge in [-0.05, 0) is 6.07 Å². The number of aromatic hydroxyl groups is 1. The fraction of sp³-hybridized carbons (Fsp3) is 0.333. The number of phenolic OH excluding ortho intramolecular Hbond substituents is 1. The number of rotatable bonds is 3. The maximum Gasteiger partial charge on any atom is 0.246 e. The number of hydrogen-bond donors (Lipinski definition) is 2. The summed E-state index contributed by atoms with van der Waals surface area (Å²) in [6.45, 7) is 0.365. The minimum Gasteiger partial charge on any atom is -0.508 e. The van der Waals surface area contributed by atoms with E-state index >= 15 is 0 Å². The second-order valence-electron chi connectivity index (χ2n) is 4.06. The van der Waals surface area contributed by atoms with E-state index in [1.807, 2.05) is 6.07 Å². The number of para-hydroxylation sites is 1. The smallest absolute Gasteiger partial charge is 0.246 e. The van der Waals surface area contributed by atoms with Crippen LogP contribution in [0.2, 0.25) is 0 Å². The third-order valence-corrected chi connectivity index (χ3v) is 2.91. The number of amides is 2. The van der Waals surface area contributed by atoms with Crippen LogP contribution in [0.4, 0.5) is 0 Å². The Morgan fingerprint density at radius 1 is 1.41 bits per heavy atom. The van der Waals surface area contributed by atoms with Crippen molar-refractivity contribution in [3.05, 3.63) is 29.8 Å². The summed E-state index contributed by atoms with van der Waals surface area (Å²) in [5.74, 6) is -0.208. The molecule has 1 heterocycles. The summed E-state index contributed by atoms with van der Waals surface area (Å²) in [6.07, 6.45) is 0.183. The zero-order chi connectivity index (χ0) is 12.4. The highest BCUT2D eigenvalue weighted by molar-refractivity contribution is 6.05. The van der Waals surface area contributed by atoms with Crippen LogP contribution in [0, 0.1) is 0 Å². The van der Waals surface area contributed by atoms with Crippen molar-refractivity contribution in [3.8, 4) is 5.75 Å². The van der Waals surface area contributed by atoms with Crippen LogP contribution in [0.15, 0.2) is 24.3 Å². The Hall–Kier alpha value is -1.88. The monoisotopic (exact) mass is 234 g/mol. The quantitative estimate of drug-likeness (QED) is 0.735. The summed E-state index contributed by atoms with van der Waals surface area (Å²) in [4.78, 5) is 24.0. The number of hydrogen-bond acceptors (Lipinski definition) is 4. The predicted molar refractivity (Wildman–Crippen MR) is 61.1 cm³/mol. The summed E-state index contributed by atoms with van der Waals surface area (Å²) in [6, 6.07) is 6.42. The van der Waals surface area contributed by atoms with Gasteiger partial charge in [-0.15, -0.1) is 0 Å². The van der Waals surface area contributed by atoms with Gasteiger partial charge in [0, 0.05) is 19.2 Å². The van der Waals surface area contributed by atoms with Crippen LogP contribution in [-0.4, -0.2) is 34.9 Å². The maximum absolute atomic E-state index is 11.6. The Morgan fingerprint density at radius 2 is 2.12 bits per heavy atom. The Balaban J connectivity index is 1.98. The number of phenols is 1. The van der Waals surface area contributed by atoms with Crippen molar-refractivity contribution in [2.24, 2.45) is 0 Å². The molecule has 1 aromatic rings. The van der Waals surface area contributed by atoms with Gasteiger partial charge in [-0.2, -0.15) is 0 Å². The van der Waals surface area contributed by atoms with E-state index < -0.39 is 6.04 Å². The largest absolute Gasteiger partial charge is 0.508 e. The van der Waals surface area contributed by atoms with Crippen LogP contribution in [0.3, 0.4) is 0 Å². The van der Waals surface area contributed by atoms with E-state index in [9.17, 15) is 14.7 Å². The lowest BCUT2D eigenvalue weighted by atomic mass is 10.1. The van der Waals surface area contributed by atoms with Gasteiger partial charge in [0.15, 0.2) is 0 Å². The first-order chi connectivity index (χ1) is 8.09. The Morgan fingerprint density at radius 3 is 2.71 bits per heavy atom.